The Labute approximate surface area is 148 Å². The van der Waals surface area contributed by atoms with E-state index in [-0.39, 0.29) is 0 Å². The zero-order valence-electron chi connectivity index (χ0n) is 14.7. The van der Waals surface area contributed by atoms with E-state index in [4.69, 9.17) is 5.21 Å². The van der Waals surface area contributed by atoms with Crippen LogP contribution in [0, 0.1) is 0 Å². The summed E-state index contributed by atoms with van der Waals surface area (Å²) >= 11 is 0. The third kappa shape index (κ3) is 4.27. The number of hydrogen-bond donors (Lipinski definition) is 2. The molecule has 0 radical (unpaired) electrons. The number of hydrogen-bond acceptors (Lipinski definition) is 4. The average Bonchev–Trinajstić information content (AvgIpc) is 3.07. The number of likely N-dealkylation sites (tertiary alicyclic amines) is 1. The first-order valence-electron chi connectivity index (χ1n) is 9.02. The first-order chi connectivity index (χ1) is 12.2. The smallest absolute Gasteiger partial charge is 0.267 e. The molecule has 25 heavy (non-hydrogen) atoms. The lowest BCUT2D eigenvalue weighted by Crippen LogP contribution is -2.36. The Bertz CT molecular complexity index is 753. The number of rotatable bonds is 6. The molecule has 1 aromatic carbocycles. The van der Waals surface area contributed by atoms with Crippen molar-refractivity contribution in [2.45, 2.75) is 38.6 Å². The molecule has 2 aromatic rings. The molecule has 6 heteroatoms. The molecule has 3 rings (SSSR count). The van der Waals surface area contributed by atoms with Crippen molar-refractivity contribution in [2.24, 2.45) is 0 Å². The first-order valence-corrected chi connectivity index (χ1v) is 9.02. The molecule has 0 aliphatic carbocycles. The SMILES string of the molecule is CCCCN1CCCC(n2cnc3cc(/C=C/C(=O)NO)ccc32)C1. The van der Waals surface area contributed by atoms with Gasteiger partial charge in [-0.3, -0.25) is 10.0 Å². The predicted molar refractivity (Wildman–Crippen MR) is 98.3 cm³/mol. The van der Waals surface area contributed by atoms with E-state index in [1.54, 1.807) is 11.6 Å². The van der Waals surface area contributed by atoms with Crippen molar-refractivity contribution in [1.29, 1.82) is 0 Å². The second kappa shape index (κ2) is 8.27. The number of benzene rings is 1. The van der Waals surface area contributed by atoms with Crippen LogP contribution in [0.1, 0.15) is 44.2 Å². The fourth-order valence-corrected chi connectivity index (χ4v) is 3.50. The van der Waals surface area contributed by atoms with Gasteiger partial charge in [-0.2, -0.15) is 0 Å². The molecule has 1 aromatic heterocycles. The predicted octanol–water partition coefficient (Wildman–Crippen LogP) is 2.99. The van der Waals surface area contributed by atoms with Crippen LogP contribution in [0.4, 0.5) is 0 Å². The number of carbonyl (C=O) groups excluding carboxylic acids is 1. The molecule has 1 unspecified atom stereocenters. The highest BCUT2D eigenvalue weighted by Crippen LogP contribution is 2.26. The molecule has 2 N–H and O–H groups in total. The Morgan fingerprint density at radius 1 is 1.48 bits per heavy atom. The summed E-state index contributed by atoms with van der Waals surface area (Å²) in [6, 6.07) is 6.46. The highest BCUT2D eigenvalue weighted by atomic mass is 16.5. The number of unbranched alkanes of at least 4 members (excludes halogenated alkanes) is 1. The van der Waals surface area contributed by atoms with Gasteiger partial charge in [0.1, 0.15) is 0 Å². The number of carbonyl (C=O) groups is 1. The Balaban J connectivity index is 1.76. The summed E-state index contributed by atoms with van der Waals surface area (Å²) in [5.41, 5.74) is 4.53. The topological polar surface area (TPSA) is 70.4 Å². The van der Waals surface area contributed by atoms with E-state index < -0.39 is 5.91 Å². The quantitative estimate of drug-likeness (QED) is 0.481. The van der Waals surface area contributed by atoms with E-state index in [0.29, 0.717) is 6.04 Å². The van der Waals surface area contributed by atoms with Crippen LogP contribution in [-0.4, -0.2) is 45.2 Å². The van der Waals surface area contributed by atoms with Gasteiger partial charge in [0, 0.05) is 18.7 Å². The van der Waals surface area contributed by atoms with E-state index in [2.05, 4.69) is 27.4 Å². The summed E-state index contributed by atoms with van der Waals surface area (Å²) in [5, 5.41) is 8.54. The highest BCUT2D eigenvalue weighted by Gasteiger charge is 2.22. The molecule has 6 nitrogen and oxygen atoms in total. The Morgan fingerprint density at radius 3 is 3.16 bits per heavy atom. The molecule has 1 fully saturated rings. The number of piperidine rings is 1. The molecule has 0 spiro atoms. The standard InChI is InChI=1S/C19H26N4O2/c1-2-3-10-22-11-4-5-16(13-22)23-14-20-17-12-15(6-8-18(17)23)7-9-19(24)21-25/h6-9,12,14,16,25H,2-5,10-11,13H2,1H3,(H,21,24)/b9-7+. The van der Waals surface area contributed by atoms with Gasteiger partial charge in [-0.25, -0.2) is 10.5 Å². The van der Waals surface area contributed by atoms with Gasteiger partial charge < -0.3 is 9.47 Å². The van der Waals surface area contributed by atoms with Crippen molar-refractivity contribution < 1.29 is 10.0 Å². The molecule has 1 aliphatic rings. The van der Waals surface area contributed by atoms with Crippen molar-refractivity contribution in [3.8, 4) is 0 Å². The number of imidazole rings is 1. The van der Waals surface area contributed by atoms with Crippen LogP contribution >= 0.6 is 0 Å². The van der Waals surface area contributed by atoms with E-state index in [1.165, 1.54) is 44.8 Å². The summed E-state index contributed by atoms with van der Waals surface area (Å²) < 4.78 is 2.29. The van der Waals surface area contributed by atoms with E-state index >= 15 is 0 Å². The summed E-state index contributed by atoms with van der Waals surface area (Å²) in [6.45, 7) is 5.71. The van der Waals surface area contributed by atoms with Crippen LogP contribution in [0.2, 0.25) is 0 Å². The van der Waals surface area contributed by atoms with Gasteiger partial charge >= 0.3 is 0 Å². The van der Waals surface area contributed by atoms with Gasteiger partial charge in [-0.15, -0.1) is 0 Å². The highest BCUT2D eigenvalue weighted by molar-refractivity contribution is 5.91. The van der Waals surface area contributed by atoms with Crippen LogP contribution < -0.4 is 5.48 Å². The first kappa shape index (κ1) is 17.6. The molecular formula is C19H26N4O2. The lowest BCUT2D eigenvalue weighted by atomic mass is 10.0. The van der Waals surface area contributed by atoms with Crippen LogP contribution in [-0.2, 0) is 4.79 Å². The van der Waals surface area contributed by atoms with Gasteiger partial charge in [-0.1, -0.05) is 19.4 Å². The second-order valence-electron chi connectivity index (χ2n) is 6.66. The van der Waals surface area contributed by atoms with Crippen LogP contribution in [0.25, 0.3) is 17.1 Å². The van der Waals surface area contributed by atoms with Crippen LogP contribution in [0.15, 0.2) is 30.6 Å². The minimum Gasteiger partial charge on any atom is -0.326 e. The minimum absolute atomic E-state index is 0.470. The average molecular weight is 342 g/mol. The van der Waals surface area contributed by atoms with Crippen LogP contribution in [0.5, 0.6) is 0 Å². The zero-order valence-corrected chi connectivity index (χ0v) is 14.7. The Morgan fingerprint density at radius 2 is 2.36 bits per heavy atom. The monoisotopic (exact) mass is 342 g/mol. The summed E-state index contributed by atoms with van der Waals surface area (Å²) in [4.78, 5) is 18.2. The molecular weight excluding hydrogens is 316 g/mol. The normalized spacial score (nSPS) is 18.9. The molecule has 2 heterocycles. The van der Waals surface area contributed by atoms with Crippen molar-refractivity contribution in [1.82, 2.24) is 19.9 Å². The molecule has 1 atom stereocenters. The molecule has 1 aliphatic heterocycles. The third-order valence-corrected chi connectivity index (χ3v) is 4.84. The Hall–Kier alpha value is -2.18. The lowest BCUT2D eigenvalue weighted by molar-refractivity contribution is -0.124. The van der Waals surface area contributed by atoms with E-state index in [0.717, 1.165) is 23.1 Å². The number of nitrogens with zero attached hydrogens (tertiary/aromatic N) is 3. The van der Waals surface area contributed by atoms with E-state index in [1.807, 2.05) is 18.5 Å². The maximum Gasteiger partial charge on any atom is 0.267 e. The van der Waals surface area contributed by atoms with Crippen molar-refractivity contribution >= 4 is 23.0 Å². The van der Waals surface area contributed by atoms with Gasteiger partial charge in [-0.05, 0) is 56.1 Å². The Kier molecular flexibility index (Phi) is 5.83. The number of amides is 1. The summed E-state index contributed by atoms with van der Waals surface area (Å²) in [7, 11) is 0. The van der Waals surface area contributed by atoms with Crippen molar-refractivity contribution in [2.75, 3.05) is 19.6 Å². The van der Waals surface area contributed by atoms with Crippen LogP contribution in [0.3, 0.4) is 0 Å². The van der Waals surface area contributed by atoms with Gasteiger partial charge in [0.25, 0.3) is 5.91 Å². The molecule has 0 bridgehead atoms. The van der Waals surface area contributed by atoms with Gasteiger partial charge in [0.05, 0.1) is 17.4 Å². The largest absolute Gasteiger partial charge is 0.326 e. The molecule has 1 amide bonds. The zero-order chi connectivity index (χ0) is 17.6. The van der Waals surface area contributed by atoms with Gasteiger partial charge in [0.2, 0.25) is 0 Å². The minimum atomic E-state index is -0.542. The summed E-state index contributed by atoms with van der Waals surface area (Å²) in [6.07, 6.45) is 9.81. The molecule has 0 saturated carbocycles. The maximum absolute atomic E-state index is 11.1. The molecule has 134 valence electrons. The third-order valence-electron chi connectivity index (χ3n) is 4.84. The fraction of sp³-hybridized carbons (Fsp3) is 0.474. The molecule has 1 saturated heterocycles. The van der Waals surface area contributed by atoms with Crippen molar-refractivity contribution in [3.05, 3.63) is 36.2 Å². The van der Waals surface area contributed by atoms with Gasteiger partial charge in [0.15, 0.2) is 0 Å². The number of aromatic nitrogens is 2. The maximum atomic E-state index is 11.1. The lowest BCUT2D eigenvalue weighted by Gasteiger charge is -2.33. The second-order valence-corrected chi connectivity index (χ2v) is 6.66. The van der Waals surface area contributed by atoms with Crippen molar-refractivity contribution in [3.63, 3.8) is 0 Å². The summed E-state index contributed by atoms with van der Waals surface area (Å²) in [5.74, 6) is -0.542. The van der Waals surface area contributed by atoms with E-state index in [9.17, 15) is 4.79 Å². The number of nitrogens with one attached hydrogen (secondary N) is 1. The number of fused-ring (bicyclic) bond motifs is 1. The fourth-order valence-electron chi connectivity index (χ4n) is 3.50. The number of hydroxylamine groups is 1.